The van der Waals surface area contributed by atoms with E-state index in [4.69, 9.17) is 32.7 Å². The van der Waals surface area contributed by atoms with Gasteiger partial charge < -0.3 is 9.47 Å². The van der Waals surface area contributed by atoms with Crippen molar-refractivity contribution in [2.24, 2.45) is 5.10 Å². The summed E-state index contributed by atoms with van der Waals surface area (Å²) in [7, 11) is 0. The Labute approximate surface area is 220 Å². The number of fused-ring (bicyclic) bond motifs is 1. The lowest BCUT2D eigenvalue weighted by molar-refractivity contribution is -0.385. The summed E-state index contributed by atoms with van der Waals surface area (Å²) < 4.78 is 10.9. The molecule has 0 heterocycles. The molecule has 0 fully saturated rings. The van der Waals surface area contributed by atoms with Gasteiger partial charge in [0.15, 0.2) is 12.4 Å². The first kappa shape index (κ1) is 25.6. The van der Waals surface area contributed by atoms with E-state index in [1.807, 2.05) is 18.2 Å². The molecule has 186 valence electrons. The average molecular weight is 538 g/mol. The normalized spacial score (nSPS) is 10.9. The van der Waals surface area contributed by atoms with E-state index in [9.17, 15) is 19.7 Å². The zero-order chi connectivity index (χ0) is 26.4. The van der Waals surface area contributed by atoms with Gasteiger partial charge in [-0.1, -0.05) is 65.7 Å². The number of nitrogens with zero attached hydrogens (tertiary/aromatic N) is 2. The number of carbonyl (C=O) groups is 2. The molecule has 0 bridgehead atoms. The summed E-state index contributed by atoms with van der Waals surface area (Å²) in [5, 5.41) is 17.1. The Morgan fingerprint density at radius 3 is 2.51 bits per heavy atom. The molecule has 4 aromatic rings. The highest BCUT2D eigenvalue weighted by atomic mass is 35.5. The summed E-state index contributed by atoms with van der Waals surface area (Å²) in [5.41, 5.74) is 2.59. The third-order valence-corrected chi connectivity index (χ3v) is 5.64. The Kier molecular flexibility index (Phi) is 7.97. The maximum atomic E-state index is 12.8. The van der Waals surface area contributed by atoms with Gasteiger partial charge in [0, 0.05) is 16.7 Å². The van der Waals surface area contributed by atoms with Gasteiger partial charge in [0.1, 0.15) is 5.75 Å². The molecule has 0 saturated carbocycles. The van der Waals surface area contributed by atoms with Crippen LogP contribution in [-0.2, 0) is 4.79 Å². The lowest BCUT2D eigenvalue weighted by Crippen LogP contribution is -2.24. The lowest BCUT2D eigenvalue weighted by Gasteiger charge is -2.11. The number of carbonyl (C=O) groups excluding carboxylic acids is 2. The molecular formula is C26H17Cl2N3O6. The van der Waals surface area contributed by atoms with Crippen LogP contribution in [0.1, 0.15) is 15.9 Å². The minimum Gasteiger partial charge on any atom is -0.477 e. The molecule has 11 heteroatoms. The molecule has 0 radical (unpaired) electrons. The van der Waals surface area contributed by atoms with Crippen LogP contribution in [0.3, 0.4) is 0 Å². The molecule has 0 aliphatic carbocycles. The van der Waals surface area contributed by atoms with Gasteiger partial charge in [0.05, 0.1) is 21.7 Å². The van der Waals surface area contributed by atoms with E-state index in [1.54, 1.807) is 24.3 Å². The molecule has 37 heavy (non-hydrogen) atoms. The number of hydrazone groups is 1. The fourth-order valence-electron chi connectivity index (χ4n) is 3.38. The Morgan fingerprint density at radius 2 is 1.73 bits per heavy atom. The number of benzene rings is 4. The van der Waals surface area contributed by atoms with E-state index >= 15 is 0 Å². The van der Waals surface area contributed by atoms with Gasteiger partial charge in [-0.25, -0.2) is 10.2 Å². The van der Waals surface area contributed by atoms with Crippen LogP contribution in [0.25, 0.3) is 10.8 Å². The van der Waals surface area contributed by atoms with Gasteiger partial charge >= 0.3 is 11.7 Å². The zero-order valence-corrected chi connectivity index (χ0v) is 20.4. The first-order valence-electron chi connectivity index (χ1n) is 10.7. The summed E-state index contributed by atoms with van der Waals surface area (Å²) in [6.45, 7) is -0.505. The SMILES string of the molecule is O=C(COc1ccccc1[N+](=O)[O-])NN=Cc1c(OC(=O)c2ccc(Cl)cc2Cl)ccc2ccccc12. The van der Waals surface area contributed by atoms with Crippen LogP contribution in [0.4, 0.5) is 5.69 Å². The van der Waals surface area contributed by atoms with Crippen LogP contribution in [0.2, 0.25) is 10.0 Å². The number of ether oxygens (including phenoxy) is 2. The Balaban J connectivity index is 1.52. The van der Waals surface area contributed by atoms with E-state index in [1.165, 1.54) is 42.6 Å². The number of hydrogen-bond donors (Lipinski definition) is 1. The van der Waals surface area contributed by atoms with E-state index in [0.29, 0.717) is 16.0 Å². The fourth-order valence-corrected chi connectivity index (χ4v) is 3.87. The van der Waals surface area contributed by atoms with Gasteiger partial charge in [0.2, 0.25) is 0 Å². The smallest absolute Gasteiger partial charge is 0.345 e. The summed E-state index contributed by atoms with van der Waals surface area (Å²) >= 11 is 12.0. The molecule has 0 aliphatic heterocycles. The second kappa shape index (κ2) is 11.5. The Bertz CT molecular complexity index is 1540. The number of nitro benzene ring substituents is 1. The third-order valence-electron chi connectivity index (χ3n) is 5.09. The standard InChI is InChI=1S/C26H17Cl2N3O6/c27-17-10-11-19(21(28)13-17)26(33)37-23-12-9-16-5-1-2-6-18(16)20(23)14-29-30-25(32)15-36-24-8-4-3-7-22(24)31(34)35/h1-14H,15H2,(H,30,32). The van der Waals surface area contributed by atoms with Crippen molar-refractivity contribution >= 4 is 57.8 Å². The molecule has 4 aromatic carbocycles. The highest BCUT2D eigenvalue weighted by Gasteiger charge is 2.17. The molecule has 9 nitrogen and oxygen atoms in total. The molecule has 0 atom stereocenters. The number of esters is 1. The van der Waals surface area contributed by atoms with Crippen molar-refractivity contribution in [3.63, 3.8) is 0 Å². The van der Waals surface area contributed by atoms with Gasteiger partial charge in [-0.3, -0.25) is 14.9 Å². The summed E-state index contributed by atoms with van der Waals surface area (Å²) in [6.07, 6.45) is 1.33. The van der Waals surface area contributed by atoms with Crippen LogP contribution >= 0.6 is 23.2 Å². The number of hydrogen-bond acceptors (Lipinski definition) is 7. The summed E-state index contributed by atoms with van der Waals surface area (Å²) in [5.74, 6) is -1.21. The van der Waals surface area contributed by atoms with Crippen molar-refractivity contribution in [3.05, 3.63) is 110 Å². The number of nitro groups is 1. The molecule has 0 unspecified atom stereocenters. The third kappa shape index (κ3) is 6.21. The van der Waals surface area contributed by atoms with E-state index in [-0.39, 0.29) is 27.8 Å². The Hall–Kier alpha value is -4.47. The van der Waals surface area contributed by atoms with E-state index < -0.39 is 23.4 Å². The minimum atomic E-state index is -0.700. The number of rotatable bonds is 8. The lowest BCUT2D eigenvalue weighted by atomic mass is 10.0. The van der Waals surface area contributed by atoms with Crippen LogP contribution in [0.15, 0.2) is 84.0 Å². The summed E-state index contributed by atoms with van der Waals surface area (Å²) in [6, 6.07) is 20.8. The fraction of sp³-hybridized carbons (Fsp3) is 0.0385. The first-order valence-corrected chi connectivity index (χ1v) is 11.5. The van der Waals surface area contributed by atoms with Gasteiger partial charge in [-0.05, 0) is 41.1 Å². The van der Waals surface area contributed by atoms with Crippen molar-refractivity contribution in [3.8, 4) is 11.5 Å². The van der Waals surface area contributed by atoms with Crippen LogP contribution in [0, 0.1) is 10.1 Å². The molecule has 1 N–H and O–H groups in total. The van der Waals surface area contributed by atoms with Crippen molar-refractivity contribution in [2.75, 3.05) is 6.61 Å². The maximum absolute atomic E-state index is 12.8. The van der Waals surface area contributed by atoms with Crippen molar-refractivity contribution < 1.29 is 24.0 Å². The number of amides is 1. The average Bonchev–Trinajstić information content (AvgIpc) is 2.88. The number of para-hydroxylation sites is 2. The zero-order valence-electron chi connectivity index (χ0n) is 18.9. The van der Waals surface area contributed by atoms with Crippen LogP contribution in [-0.4, -0.2) is 29.6 Å². The van der Waals surface area contributed by atoms with Crippen LogP contribution < -0.4 is 14.9 Å². The molecule has 1 amide bonds. The van der Waals surface area contributed by atoms with Gasteiger partial charge in [-0.2, -0.15) is 5.10 Å². The van der Waals surface area contributed by atoms with Crippen molar-refractivity contribution in [1.29, 1.82) is 0 Å². The quantitative estimate of drug-likeness (QED) is 0.0995. The second-order valence-electron chi connectivity index (χ2n) is 7.52. The molecule has 0 aliphatic rings. The topological polar surface area (TPSA) is 120 Å². The molecule has 4 rings (SSSR count). The van der Waals surface area contributed by atoms with Crippen LogP contribution in [0.5, 0.6) is 11.5 Å². The predicted molar refractivity (Wildman–Crippen MR) is 140 cm³/mol. The highest BCUT2D eigenvalue weighted by molar-refractivity contribution is 6.36. The number of halogens is 2. The van der Waals surface area contributed by atoms with E-state index in [2.05, 4.69) is 10.5 Å². The summed E-state index contributed by atoms with van der Waals surface area (Å²) in [4.78, 5) is 35.5. The molecule has 0 saturated heterocycles. The first-order chi connectivity index (χ1) is 17.8. The predicted octanol–water partition coefficient (Wildman–Crippen LogP) is 5.80. The molecular weight excluding hydrogens is 521 g/mol. The van der Waals surface area contributed by atoms with Gasteiger partial charge in [-0.15, -0.1) is 0 Å². The highest BCUT2D eigenvalue weighted by Crippen LogP contribution is 2.29. The van der Waals surface area contributed by atoms with Gasteiger partial charge in [0.25, 0.3) is 5.91 Å². The largest absolute Gasteiger partial charge is 0.477 e. The van der Waals surface area contributed by atoms with E-state index in [0.717, 1.165) is 5.39 Å². The minimum absolute atomic E-state index is 0.0456. The maximum Gasteiger partial charge on any atom is 0.345 e. The molecule has 0 aromatic heterocycles. The second-order valence-corrected chi connectivity index (χ2v) is 8.36. The Morgan fingerprint density at radius 1 is 0.973 bits per heavy atom. The monoisotopic (exact) mass is 537 g/mol. The van der Waals surface area contributed by atoms with Crippen molar-refractivity contribution in [1.82, 2.24) is 5.43 Å². The number of nitrogens with one attached hydrogen (secondary N) is 1. The van der Waals surface area contributed by atoms with Crippen molar-refractivity contribution in [2.45, 2.75) is 0 Å². The molecule has 0 spiro atoms.